The second-order valence-electron chi connectivity index (χ2n) is 19.2. The Labute approximate surface area is 400 Å². The average Bonchev–Trinajstić information content (AvgIpc) is 3.36. The lowest BCUT2D eigenvalue weighted by molar-refractivity contribution is -0.127. The Bertz CT molecular complexity index is 2760. The van der Waals surface area contributed by atoms with Gasteiger partial charge in [-0.15, -0.1) is 0 Å². The van der Waals surface area contributed by atoms with Crippen LogP contribution in [-0.4, -0.2) is 23.6 Å². The van der Waals surface area contributed by atoms with Gasteiger partial charge in [0.05, 0.1) is 23.5 Å². The Balaban J connectivity index is 1.04. The van der Waals surface area contributed by atoms with E-state index >= 15 is 0 Å². The fourth-order valence-corrected chi connectivity index (χ4v) is 11.2. The summed E-state index contributed by atoms with van der Waals surface area (Å²) in [5.41, 5.74) is 9.30. The molecule has 4 N–H and O–H groups in total. The summed E-state index contributed by atoms with van der Waals surface area (Å²) >= 11 is 0. The molecule has 68 heavy (non-hydrogen) atoms. The van der Waals surface area contributed by atoms with Crippen LogP contribution in [0.1, 0.15) is 125 Å². The van der Waals surface area contributed by atoms with Crippen molar-refractivity contribution in [2.45, 2.75) is 103 Å². The van der Waals surface area contributed by atoms with E-state index in [-0.39, 0.29) is 59.4 Å². The highest BCUT2D eigenvalue weighted by Gasteiger charge is 2.32. The maximum Gasteiger partial charge on any atom is 0.223 e. The minimum absolute atomic E-state index is 0.0452. The van der Waals surface area contributed by atoms with E-state index in [4.69, 9.17) is 0 Å². The van der Waals surface area contributed by atoms with Crippen molar-refractivity contribution in [2.24, 2.45) is 11.8 Å². The molecule has 0 radical (unpaired) electrons. The number of amides is 4. The number of carbonyl (C=O) groups is 4. The Kier molecular flexibility index (Phi) is 13.8. The number of rotatable bonds is 12. The number of fused-ring (bicyclic) bond motifs is 2. The van der Waals surface area contributed by atoms with E-state index < -0.39 is 0 Å². The van der Waals surface area contributed by atoms with Crippen molar-refractivity contribution in [3.05, 3.63) is 168 Å². The van der Waals surface area contributed by atoms with Gasteiger partial charge in [-0.05, 0) is 132 Å². The second-order valence-corrected chi connectivity index (χ2v) is 19.2. The summed E-state index contributed by atoms with van der Waals surface area (Å²) in [5, 5.41) is 17.3. The molecule has 4 amide bonds. The zero-order valence-electron chi connectivity index (χ0n) is 39.6. The molecule has 2 atom stereocenters. The van der Waals surface area contributed by atoms with Crippen molar-refractivity contribution in [3.63, 3.8) is 0 Å². The van der Waals surface area contributed by atoms with E-state index in [1.54, 1.807) is 0 Å². The maximum absolute atomic E-state index is 13.5. The third kappa shape index (κ3) is 9.82. The first-order valence-electron chi connectivity index (χ1n) is 24.5. The van der Waals surface area contributed by atoms with Gasteiger partial charge in [-0.2, -0.15) is 0 Å². The van der Waals surface area contributed by atoms with Gasteiger partial charge < -0.3 is 21.3 Å². The smallest absolute Gasteiger partial charge is 0.223 e. The molecule has 2 saturated carbocycles. The van der Waals surface area contributed by atoms with Crippen molar-refractivity contribution < 1.29 is 19.2 Å². The second kappa shape index (κ2) is 20.4. The summed E-state index contributed by atoms with van der Waals surface area (Å²) in [4.78, 5) is 53.6. The highest BCUT2D eigenvalue weighted by atomic mass is 16.2. The van der Waals surface area contributed by atoms with Gasteiger partial charge in [0.15, 0.2) is 0 Å². The van der Waals surface area contributed by atoms with Gasteiger partial charge in [-0.3, -0.25) is 19.2 Å². The van der Waals surface area contributed by atoms with E-state index in [9.17, 15) is 19.2 Å². The van der Waals surface area contributed by atoms with Gasteiger partial charge in [-0.25, -0.2) is 0 Å². The molecule has 8 heteroatoms. The maximum atomic E-state index is 13.5. The van der Waals surface area contributed by atoms with Crippen LogP contribution in [0, 0.1) is 11.8 Å². The summed E-state index contributed by atoms with van der Waals surface area (Å²) in [5.74, 6) is 0.132. The number of carbonyl (C=O) groups excluding carboxylic acids is 4. The normalized spacial score (nSPS) is 19.1. The molecule has 0 aliphatic heterocycles. The third-order valence-corrected chi connectivity index (χ3v) is 14.7. The number of nitrogens with one attached hydrogen (secondary N) is 4. The van der Waals surface area contributed by atoms with Crippen molar-refractivity contribution in [3.8, 4) is 22.3 Å². The molecule has 1 unspecified atom stereocenters. The summed E-state index contributed by atoms with van der Waals surface area (Å²) < 4.78 is 0. The molecular weight excluding hydrogens is 841 g/mol. The van der Waals surface area contributed by atoms with E-state index in [0.29, 0.717) is 11.4 Å². The van der Waals surface area contributed by atoms with E-state index in [1.165, 1.54) is 25.0 Å². The fraction of sp³-hybridized carbons (Fsp3) is 0.300. The van der Waals surface area contributed by atoms with Gasteiger partial charge in [0.2, 0.25) is 23.6 Å². The first kappa shape index (κ1) is 46.1. The summed E-state index contributed by atoms with van der Waals surface area (Å²) in [6, 6.07) is 49.8. The predicted molar refractivity (Wildman–Crippen MR) is 276 cm³/mol. The van der Waals surface area contributed by atoms with Crippen LogP contribution in [0.5, 0.6) is 0 Å². The molecule has 0 saturated heterocycles. The van der Waals surface area contributed by atoms with Crippen LogP contribution < -0.4 is 21.3 Å². The number of hydrogen-bond donors (Lipinski definition) is 4. The van der Waals surface area contributed by atoms with Crippen LogP contribution in [0.25, 0.3) is 43.8 Å². The molecule has 0 bridgehead atoms. The molecule has 8 nitrogen and oxygen atoms in total. The van der Waals surface area contributed by atoms with Gasteiger partial charge >= 0.3 is 0 Å². The third-order valence-electron chi connectivity index (χ3n) is 14.7. The summed E-state index contributed by atoms with van der Waals surface area (Å²) in [7, 11) is 0. The molecule has 0 heterocycles. The zero-order chi connectivity index (χ0) is 47.3. The topological polar surface area (TPSA) is 116 Å². The molecule has 9 rings (SSSR count). The van der Waals surface area contributed by atoms with E-state index in [0.717, 1.165) is 106 Å². The molecule has 7 aromatic carbocycles. The lowest BCUT2D eigenvalue weighted by atomic mass is 9.76. The van der Waals surface area contributed by atoms with Crippen LogP contribution >= 0.6 is 0 Å². The SMILES string of the molecule is CC(=O)Nc1c(-c2cccc3cccc(C4CCC(C(=O)NC(C)c5ccccc5)CC4)c23)ccc(-c2cccc3cccc(C4CCC(C(=O)N[C@H](C)c5ccccc5)CC4)c23)c1NC(C)=O. The molecule has 2 aliphatic rings. The van der Waals surface area contributed by atoms with Crippen LogP contribution in [0.4, 0.5) is 11.4 Å². The van der Waals surface area contributed by atoms with Gasteiger partial charge in [0.25, 0.3) is 0 Å². The quantitative estimate of drug-likeness (QED) is 0.0977. The lowest BCUT2D eigenvalue weighted by Crippen LogP contribution is -2.34. The fourth-order valence-electron chi connectivity index (χ4n) is 11.2. The monoisotopic (exact) mass is 902 g/mol. The minimum atomic E-state index is -0.244. The first-order valence-corrected chi connectivity index (χ1v) is 24.5. The standard InChI is InChI=1S/C60H62N4O4/c1-37(41-15-7-5-8-16-41)61-59(67)47-31-27-43(28-32-47)49-23-11-19-45-21-13-25-51(55(45)49)53-35-36-54(58(64-40(4)66)57(53)63-39(3)65)52-26-14-22-46-20-12-24-50(56(46)52)44-29-33-48(34-30-44)60(68)62-38(2)42-17-9-6-10-18-42/h5-26,35-38,43-44,47-48H,27-34H2,1-4H3,(H,61,67)(H,62,68)(H,63,65)(H,64,66)/t37-,38?,43?,44?,47?,48?/m1/s1. The van der Waals surface area contributed by atoms with Crippen LogP contribution in [-0.2, 0) is 19.2 Å². The lowest BCUT2D eigenvalue weighted by Gasteiger charge is -2.30. The summed E-state index contributed by atoms with van der Waals surface area (Å²) in [6.07, 6.45) is 6.72. The minimum Gasteiger partial charge on any atom is -0.349 e. The largest absolute Gasteiger partial charge is 0.349 e. The highest BCUT2D eigenvalue weighted by molar-refractivity contribution is 6.14. The predicted octanol–water partition coefficient (Wildman–Crippen LogP) is 13.5. The Morgan fingerprint density at radius 2 is 0.765 bits per heavy atom. The number of hydrogen-bond acceptors (Lipinski definition) is 4. The molecular formula is C60H62N4O4. The van der Waals surface area contributed by atoms with Crippen molar-refractivity contribution >= 4 is 56.5 Å². The summed E-state index contributed by atoms with van der Waals surface area (Å²) in [6.45, 7) is 7.10. The Morgan fingerprint density at radius 1 is 0.412 bits per heavy atom. The molecule has 2 aliphatic carbocycles. The van der Waals surface area contributed by atoms with Crippen LogP contribution in [0.15, 0.2) is 146 Å². The molecule has 7 aromatic rings. The van der Waals surface area contributed by atoms with Gasteiger partial charge in [-0.1, -0.05) is 146 Å². The van der Waals surface area contributed by atoms with E-state index in [2.05, 4.69) is 130 Å². The van der Waals surface area contributed by atoms with Gasteiger partial charge in [0.1, 0.15) is 0 Å². The number of benzene rings is 7. The zero-order valence-corrected chi connectivity index (χ0v) is 39.6. The molecule has 0 spiro atoms. The van der Waals surface area contributed by atoms with Crippen LogP contribution in [0.2, 0.25) is 0 Å². The van der Waals surface area contributed by atoms with Crippen molar-refractivity contribution in [2.75, 3.05) is 10.6 Å². The Morgan fingerprint density at radius 3 is 1.12 bits per heavy atom. The Hall–Kier alpha value is -7.06. The first-order chi connectivity index (χ1) is 33.0. The molecule has 346 valence electrons. The van der Waals surface area contributed by atoms with Crippen LogP contribution in [0.3, 0.4) is 0 Å². The van der Waals surface area contributed by atoms with Gasteiger partial charge in [0, 0.05) is 36.8 Å². The number of anilines is 2. The van der Waals surface area contributed by atoms with Crippen molar-refractivity contribution in [1.82, 2.24) is 10.6 Å². The molecule has 2 fully saturated rings. The average molecular weight is 903 g/mol. The molecule has 0 aromatic heterocycles. The highest BCUT2D eigenvalue weighted by Crippen LogP contribution is 2.49. The van der Waals surface area contributed by atoms with Crippen molar-refractivity contribution in [1.29, 1.82) is 0 Å². The van der Waals surface area contributed by atoms with E-state index in [1.807, 2.05) is 50.2 Å².